The van der Waals surface area contributed by atoms with E-state index in [2.05, 4.69) is 6.92 Å². The summed E-state index contributed by atoms with van der Waals surface area (Å²) in [5, 5.41) is 9.78. The van der Waals surface area contributed by atoms with E-state index in [4.69, 9.17) is 4.74 Å². The number of epoxide rings is 1. The number of rotatable bonds is 1. The molecule has 116 valence electrons. The zero-order chi connectivity index (χ0) is 15.0. The van der Waals surface area contributed by atoms with Gasteiger partial charge in [0.05, 0.1) is 5.41 Å². The first-order valence-corrected chi connectivity index (χ1v) is 8.28. The van der Waals surface area contributed by atoms with Crippen molar-refractivity contribution < 1.29 is 19.4 Å². The number of hydrogen-bond acceptors (Lipinski definition) is 3. The Bertz CT molecular complexity index is 529. The third-order valence-electron chi connectivity index (χ3n) is 7.37. The molecular weight excluding hydrogens is 268 g/mol. The molecule has 0 aromatic heterocycles. The standard InChI is InChI=1S/C17H24O4/c1-15-7-3-8-16(2,14(19)20)11(15)6-9-17-12(15)5-4-10(18)13(17)21-17/h11-13H,3-9H2,1-2H3,(H,19,20). The summed E-state index contributed by atoms with van der Waals surface area (Å²) in [5.41, 5.74) is -0.823. The molecule has 6 unspecified atom stereocenters. The molecule has 0 amide bonds. The van der Waals surface area contributed by atoms with Crippen molar-refractivity contribution in [2.45, 2.75) is 70.5 Å². The number of carbonyl (C=O) groups is 2. The van der Waals surface area contributed by atoms with Crippen LogP contribution in [0, 0.1) is 22.7 Å². The fourth-order valence-corrected chi connectivity index (χ4v) is 6.31. The number of carboxylic acid groups (broad SMARTS) is 1. The molecule has 1 spiro atoms. The van der Waals surface area contributed by atoms with Crippen molar-refractivity contribution in [3.63, 3.8) is 0 Å². The zero-order valence-electron chi connectivity index (χ0n) is 12.9. The lowest BCUT2D eigenvalue weighted by Gasteiger charge is -2.59. The van der Waals surface area contributed by atoms with E-state index >= 15 is 0 Å². The van der Waals surface area contributed by atoms with Crippen molar-refractivity contribution >= 4 is 11.8 Å². The normalized spacial score (nSPS) is 55.1. The maximum atomic E-state index is 12.0. The van der Waals surface area contributed by atoms with Crippen LogP contribution in [-0.2, 0) is 14.3 Å². The Balaban J connectivity index is 1.73. The molecule has 3 aliphatic carbocycles. The molecule has 1 N–H and O–H groups in total. The van der Waals surface area contributed by atoms with Gasteiger partial charge < -0.3 is 9.84 Å². The van der Waals surface area contributed by atoms with E-state index in [1.165, 1.54) is 0 Å². The monoisotopic (exact) mass is 292 g/mol. The molecule has 3 saturated carbocycles. The summed E-state index contributed by atoms with van der Waals surface area (Å²) in [5.74, 6) is 0.204. The number of Topliss-reactive ketones (excluding diaryl/α,β-unsaturated/α-hetero) is 1. The summed E-state index contributed by atoms with van der Waals surface area (Å²) in [6.07, 6.45) is 5.92. The molecule has 4 fully saturated rings. The van der Waals surface area contributed by atoms with E-state index in [1.54, 1.807) is 0 Å². The summed E-state index contributed by atoms with van der Waals surface area (Å²) in [4.78, 5) is 23.9. The Hall–Kier alpha value is -0.900. The third kappa shape index (κ3) is 1.50. The molecule has 0 bridgehead atoms. The molecule has 6 atom stereocenters. The average molecular weight is 292 g/mol. The summed E-state index contributed by atoms with van der Waals surface area (Å²) in [7, 11) is 0. The number of carbonyl (C=O) groups excluding carboxylic acids is 1. The largest absolute Gasteiger partial charge is 0.481 e. The fraction of sp³-hybridized carbons (Fsp3) is 0.882. The second-order valence-electron chi connectivity index (χ2n) is 8.18. The summed E-state index contributed by atoms with van der Waals surface area (Å²) >= 11 is 0. The van der Waals surface area contributed by atoms with Crippen molar-refractivity contribution in [3.05, 3.63) is 0 Å². The minimum Gasteiger partial charge on any atom is -0.481 e. The minimum absolute atomic E-state index is 0.0130. The second kappa shape index (κ2) is 3.89. The Kier molecular flexibility index (Phi) is 2.55. The van der Waals surface area contributed by atoms with Gasteiger partial charge in [-0.2, -0.15) is 0 Å². The Labute approximate surface area is 125 Å². The van der Waals surface area contributed by atoms with Gasteiger partial charge in [-0.15, -0.1) is 0 Å². The van der Waals surface area contributed by atoms with Crippen LogP contribution >= 0.6 is 0 Å². The molecule has 4 nitrogen and oxygen atoms in total. The van der Waals surface area contributed by atoms with Gasteiger partial charge in [0.15, 0.2) is 5.78 Å². The van der Waals surface area contributed by atoms with Crippen molar-refractivity contribution in [1.82, 2.24) is 0 Å². The SMILES string of the molecule is CC1(C(=O)O)CCCC2(C)C1CCC13OC1C(=O)CCC23. The van der Waals surface area contributed by atoms with Gasteiger partial charge in [-0.05, 0) is 56.3 Å². The molecule has 0 aromatic carbocycles. The van der Waals surface area contributed by atoms with E-state index in [9.17, 15) is 14.7 Å². The molecule has 1 saturated heterocycles. The second-order valence-corrected chi connectivity index (χ2v) is 8.18. The van der Waals surface area contributed by atoms with Crippen LogP contribution < -0.4 is 0 Å². The number of hydrogen-bond donors (Lipinski definition) is 1. The zero-order valence-corrected chi connectivity index (χ0v) is 12.9. The quantitative estimate of drug-likeness (QED) is 0.755. The van der Waals surface area contributed by atoms with Crippen LogP contribution in [0.3, 0.4) is 0 Å². The predicted molar refractivity (Wildman–Crippen MR) is 75.8 cm³/mol. The first kappa shape index (κ1) is 13.7. The van der Waals surface area contributed by atoms with Crippen molar-refractivity contribution in [1.29, 1.82) is 0 Å². The van der Waals surface area contributed by atoms with Crippen LogP contribution in [0.5, 0.6) is 0 Å². The predicted octanol–water partition coefficient (Wildman–Crippen LogP) is 2.79. The molecule has 1 aliphatic heterocycles. The van der Waals surface area contributed by atoms with Crippen LogP contribution in [-0.4, -0.2) is 28.6 Å². The Morgan fingerprint density at radius 2 is 1.95 bits per heavy atom. The lowest BCUT2D eigenvalue weighted by molar-refractivity contribution is -0.172. The van der Waals surface area contributed by atoms with E-state index < -0.39 is 11.4 Å². The van der Waals surface area contributed by atoms with Gasteiger partial charge >= 0.3 is 5.97 Å². The van der Waals surface area contributed by atoms with Gasteiger partial charge in [0.1, 0.15) is 11.7 Å². The first-order chi connectivity index (χ1) is 9.84. The maximum absolute atomic E-state index is 12.0. The van der Waals surface area contributed by atoms with Gasteiger partial charge in [0.25, 0.3) is 0 Å². The first-order valence-electron chi connectivity index (χ1n) is 8.28. The highest BCUT2D eigenvalue weighted by molar-refractivity contribution is 5.88. The van der Waals surface area contributed by atoms with E-state index in [0.717, 1.165) is 38.5 Å². The van der Waals surface area contributed by atoms with Gasteiger partial charge in [-0.1, -0.05) is 13.3 Å². The lowest BCUT2D eigenvalue weighted by Crippen LogP contribution is -2.59. The Morgan fingerprint density at radius 1 is 1.19 bits per heavy atom. The van der Waals surface area contributed by atoms with Crippen LogP contribution in [0.4, 0.5) is 0 Å². The number of ether oxygens (including phenoxy) is 1. The van der Waals surface area contributed by atoms with Gasteiger partial charge in [0.2, 0.25) is 0 Å². The van der Waals surface area contributed by atoms with Crippen LogP contribution in [0.15, 0.2) is 0 Å². The lowest BCUT2D eigenvalue weighted by atomic mass is 9.44. The smallest absolute Gasteiger partial charge is 0.309 e. The minimum atomic E-state index is -0.644. The van der Waals surface area contributed by atoms with Gasteiger partial charge in [0, 0.05) is 6.42 Å². The van der Waals surface area contributed by atoms with E-state index in [0.29, 0.717) is 12.3 Å². The molecule has 0 aromatic rings. The summed E-state index contributed by atoms with van der Waals surface area (Å²) in [6.45, 7) is 4.22. The van der Waals surface area contributed by atoms with E-state index in [1.807, 2.05) is 6.92 Å². The maximum Gasteiger partial charge on any atom is 0.309 e. The van der Waals surface area contributed by atoms with Crippen molar-refractivity contribution in [2.75, 3.05) is 0 Å². The number of aliphatic carboxylic acids is 1. The third-order valence-corrected chi connectivity index (χ3v) is 7.37. The fourth-order valence-electron chi connectivity index (χ4n) is 6.31. The van der Waals surface area contributed by atoms with Gasteiger partial charge in [-0.3, -0.25) is 9.59 Å². The molecule has 4 aliphatic rings. The van der Waals surface area contributed by atoms with Gasteiger partial charge in [-0.25, -0.2) is 0 Å². The molecule has 0 radical (unpaired) electrons. The highest BCUT2D eigenvalue weighted by atomic mass is 16.6. The average Bonchev–Trinajstić information content (AvgIpc) is 3.14. The highest BCUT2D eigenvalue weighted by Crippen LogP contribution is 2.69. The molecule has 1 heterocycles. The molecular formula is C17H24O4. The summed E-state index contributed by atoms with van der Waals surface area (Å²) < 4.78 is 5.93. The molecule has 4 rings (SSSR count). The van der Waals surface area contributed by atoms with Crippen LogP contribution in [0.1, 0.15) is 58.8 Å². The number of ketones is 1. The van der Waals surface area contributed by atoms with Crippen molar-refractivity contribution in [2.24, 2.45) is 22.7 Å². The van der Waals surface area contributed by atoms with E-state index in [-0.39, 0.29) is 28.8 Å². The highest BCUT2D eigenvalue weighted by Gasteiger charge is 2.74. The molecule has 21 heavy (non-hydrogen) atoms. The van der Waals surface area contributed by atoms with Crippen LogP contribution in [0.2, 0.25) is 0 Å². The number of carboxylic acids is 1. The summed E-state index contributed by atoms with van der Waals surface area (Å²) in [6, 6.07) is 0. The van der Waals surface area contributed by atoms with Crippen molar-refractivity contribution in [3.8, 4) is 0 Å². The van der Waals surface area contributed by atoms with Crippen LogP contribution in [0.25, 0.3) is 0 Å². The Morgan fingerprint density at radius 3 is 2.67 bits per heavy atom. The topological polar surface area (TPSA) is 66.9 Å². The number of fused-ring (bicyclic) bond motifs is 2. The molecule has 4 heteroatoms.